The van der Waals surface area contributed by atoms with Crippen LogP contribution in [0, 0.1) is 5.92 Å². The first-order valence-electron chi connectivity index (χ1n) is 10.2. The normalized spacial score (nSPS) is 26.5. The lowest BCUT2D eigenvalue weighted by molar-refractivity contribution is 0.392. The minimum atomic E-state index is 1.11. The summed E-state index contributed by atoms with van der Waals surface area (Å²) in [5.74, 6) is 1.11. The zero-order valence-electron chi connectivity index (χ0n) is 15.0. The summed E-state index contributed by atoms with van der Waals surface area (Å²) in [4.78, 5) is 0. The van der Waals surface area contributed by atoms with E-state index in [2.05, 4.69) is 0 Å². The largest absolute Gasteiger partial charge is 0.152 e. The molecule has 1 aliphatic heterocycles. The first kappa shape index (κ1) is 19.5. The smallest absolute Gasteiger partial charge is 0.00934 e. The van der Waals surface area contributed by atoms with Crippen molar-refractivity contribution in [3.8, 4) is 0 Å². The van der Waals surface area contributed by atoms with Crippen molar-refractivity contribution in [2.45, 2.75) is 95.6 Å². The lowest BCUT2D eigenvalue weighted by Gasteiger charge is -2.27. The fourth-order valence-electron chi connectivity index (χ4n) is 4.11. The van der Waals surface area contributed by atoms with Gasteiger partial charge >= 0.3 is 0 Å². The van der Waals surface area contributed by atoms with Crippen LogP contribution in [0.3, 0.4) is 0 Å². The number of hydrogen-bond acceptors (Lipinski definition) is 1. The van der Waals surface area contributed by atoms with E-state index in [4.69, 9.17) is 0 Å². The van der Waals surface area contributed by atoms with Gasteiger partial charge in [0.05, 0.1) is 0 Å². The lowest BCUT2D eigenvalue weighted by Crippen LogP contribution is -2.17. The van der Waals surface area contributed by atoms with Crippen LogP contribution in [0.15, 0.2) is 22.9 Å². The fourth-order valence-corrected chi connectivity index (χ4v) is 6.46. The van der Waals surface area contributed by atoms with Gasteiger partial charge in [-0.25, -0.2) is 0 Å². The molecular formula is C21H37PS. The van der Waals surface area contributed by atoms with E-state index in [1.165, 1.54) is 79.2 Å². The summed E-state index contributed by atoms with van der Waals surface area (Å²) in [6.07, 6.45) is 23.0. The van der Waals surface area contributed by atoms with Gasteiger partial charge in [-0.3, -0.25) is 0 Å². The van der Waals surface area contributed by atoms with Gasteiger partial charge in [0.15, 0.2) is 0 Å². The lowest BCUT2D eigenvalue weighted by atomic mass is 9.90. The van der Waals surface area contributed by atoms with Gasteiger partial charge in [-0.05, 0) is 54.2 Å². The Kier molecular flexibility index (Phi) is 11.4. The summed E-state index contributed by atoms with van der Waals surface area (Å²) < 4.78 is 0. The molecule has 1 aromatic rings. The first-order valence-corrected chi connectivity index (χ1v) is 12.4. The van der Waals surface area contributed by atoms with Crippen LogP contribution in [0.25, 0.3) is 0 Å². The van der Waals surface area contributed by atoms with Gasteiger partial charge in [0.1, 0.15) is 0 Å². The summed E-state index contributed by atoms with van der Waals surface area (Å²) in [5.41, 5.74) is 1.13. The molecule has 23 heavy (non-hydrogen) atoms. The summed E-state index contributed by atoms with van der Waals surface area (Å²) in [5, 5.41) is 4.08. The minimum Gasteiger partial charge on any atom is -0.152 e. The standard InChI is InChI=1S/C17H33P.C4H4S/c1-2-5-9-13-16(12-8-4-1)17-14-10-6-3-7-11-15-18-17;1-2-4-5-3-1/h16-18H,1-15H2;1-4H. The molecule has 2 unspecified atom stereocenters. The van der Waals surface area contributed by atoms with Crippen molar-refractivity contribution in [3.63, 3.8) is 0 Å². The van der Waals surface area contributed by atoms with E-state index in [0.29, 0.717) is 0 Å². The average molecular weight is 353 g/mol. The maximum atomic E-state index is 2.04. The molecule has 1 aromatic heterocycles. The summed E-state index contributed by atoms with van der Waals surface area (Å²) in [7, 11) is 1.30. The molecule has 0 radical (unpaired) electrons. The van der Waals surface area contributed by atoms with Gasteiger partial charge in [0.2, 0.25) is 0 Å². The van der Waals surface area contributed by atoms with Gasteiger partial charge in [-0.1, -0.05) is 76.3 Å². The predicted molar refractivity (Wildman–Crippen MR) is 109 cm³/mol. The molecule has 2 heteroatoms. The minimum absolute atomic E-state index is 1.11. The van der Waals surface area contributed by atoms with Crippen LogP contribution < -0.4 is 0 Å². The third-order valence-electron chi connectivity index (χ3n) is 5.49. The second-order valence-corrected chi connectivity index (χ2v) is 9.84. The molecule has 0 aromatic carbocycles. The molecule has 2 heterocycles. The second kappa shape index (κ2) is 13.4. The van der Waals surface area contributed by atoms with Crippen molar-refractivity contribution in [3.05, 3.63) is 22.9 Å². The Labute approximate surface area is 150 Å². The van der Waals surface area contributed by atoms with Gasteiger partial charge in [-0.2, -0.15) is 11.3 Å². The van der Waals surface area contributed by atoms with E-state index in [-0.39, 0.29) is 0 Å². The molecule has 132 valence electrons. The van der Waals surface area contributed by atoms with Crippen molar-refractivity contribution < 1.29 is 0 Å². The molecule has 1 aliphatic carbocycles. The highest BCUT2D eigenvalue weighted by molar-refractivity contribution is 7.38. The van der Waals surface area contributed by atoms with Crippen molar-refractivity contribution >= 4 is 19.9 Å². The Morgan fingerprint density at radius 1 is 0.609 bits per heavy atom. The molecule has 1 saturated carbocycles. The van der Waals surface area contributed by atoms with Gasteiger partial charge < -0.3 is 0 Å². The molecule has 0 amide bonds. The Morgan fingerprint density at radius 2 is 1.13 bits per heavy atom. The number of hydrogen-bond donors (Lipinski definition) is 0. The van der Waals surface area contributed by atoms with Crippen LogP contribution in [0.2, 0.25) is 0 Å². The van der Waals surface area contributed by atoms with Gasteiger partial charge in [-0.15, -0.1) is 8.58 Å². The molecule has 0 nitrogen and oxygen atoms in total. The maximum absolute atomic E-state index is 2.04. The zero-order valence-corrected chi connectivity index (χ0v) is 16.8. The number of rotatable bonds is 1. The van der Waals surface area contributed by atoms with E-state index >= 15 is 0 Å². The fraction of sp³-hybridized carbons (Fsp3) is 0.810. The third-order valence-corrected chi connectivity index (χ3v) is 8.05. The molecule has 1 saturated heterocycles. The maximum Gasteiger partial charge on any atom is -0.00934 e. The van der Waals surface area contributed by atoms with E-state index in [9.17, 15) is 0 Å². The Hall–Kier alpha value is 0.130. The van der Waals surface area contributed by atoms with E-state index < -0.39 is 0 Å². The molecular weight excluding hydrogens is 315 g/mol. The summed E-state index contributed by atoms with van der Waals surface area (Å²) in [6.45, 7) is 0. The Morgan fingerprint density at radius 3 is 1.70 bits per heavy atom. The number of thiophene rings is 1. The molecule has 0 N–H and O–H groups in total. The van der Waals surface area contributed by atoms with Crippen molar-refractivity contribution in [1.82, 2.24) is 0 Å². The van der Waals surface area contributed by atoms with Gasteiger partial charge in [0, 0.05) is 0 Å². The molecule has 3 rings (SSSR count). The van der Waals surface area contributed by atoms with E-state index in [1.54, 1.807) is 36.8 Å². The summed E-state index contributed by atoms with van der Waals surface area (Å²) in [6, 6.07) is 4.04. The Bertz CT molecular complexity index is 290. The molecule has 2 atom stereocenters. The monoisotopic (exact) mass is 352 g/mol. The quantitative estimate of drug-likeness (QED) is 0.451. The van der Waals surface area contributed by atoms with Crippen LogP contribution in [0.5, 0.6) is 0 Å². The van der Waals surface area contributed by atoms with Crippen LogP contribution in [-0.4, -0.2) is 11.8 Å². The predicted octanol–water partition coefficient (Wildman–Crippen LogP) is 7.89. The van der Waals surface area contributed by atoms with Crippen LogP contribution in [-0.2, 0) is 0 Å². The first-order chi connectivity index (χ1) is 11.5. The van der Waals surface area contributed by atoms with Gasteiger partial charge in [0.25, 0.3) is 0 Å². The van der Waals surface area contributed by atoms with Crippen LogP contribution in [0.1, 0.15) is 89.9 Å². The SMILES string of the molecule is C1CCCCC(C2CCCCCCCP2)CCC1.c1ccsc1. The third kappa shape index (κ3) is 9.25. The highest BCUT2D eigenvalue weighted by Gasteiger charge is 2.21. The molecule has 2 fully saturated rings. The van der Waals surface area contributed by atoms with E-state index in [1.807, 2.05) is 22.9 Å². The van der Waals surface area contributed by atoms with Crippen molar-refractivity contribution in [2.75, 3.05) is 6.16 Å². The zero-order chi connectivity index (χ0) is 16.0. The van der Waals surface area contributed by atoms with E-state index in [0.717, 1.165) is 11.6 Å². The van der Waals surface area contributed by atoms with Crippen molar-refractivity contribution in [1.29, 1.82) is 0 Å². The molecule has 2 aliphatic rings. The van der Waals surface area contributed by atoms with Crippen molar-refractivity contribution in [2.24, 2.45) is 5.92 Å². The average Bonchev–Trinajstić information content (AvgIpc) is 3.19. The topological polar surface area (TPSA) is 0 Å². The molecule has 0 spiro atoms. The molecule has 0 bridgehead atoms. The highest BCUT2D eigenvalue weighted by atomic mass is 32.1. The van der Waals surface area contributed by atoms with Crippen LogP contribution in [0.4, 0.5) is 0 Å². The highest BCUT2D eigenvalue weighted by Crippen LogP contribution is 2.38. The second-order valence-electron chi connectivity index (χ2n) is 7.37. The van der Waals surface area contributed by atoms with Crippen LogP contribution >= 0.6 is 19.9 Å². The summed E-state index contributed by atoms with van der Waals surface area (Å²) >= 11 is 1.71. The Balaban J connectivity index is 0.000000326.